The highest BCUT2D eigenvalue weighted by atomic mass is 35.5. The number of hydrogen-bond acceptors (Lipinski definition) is 3. The number of aromatic amines is 1. The Bertz CT molecular complexity index is 469. The van der Waals surface area contributed by atoms with Crippen molar-refractivity contribution in [3.05, 3.63) is 29.0 Å². The zero-order valence-corrected chi connectivity index (χ0v) is 8.83. The van der Waals surface area contributed by atoms with Crippen LogP contribution >= 0.6 is 11.6 Å². The van der Waals surface area contributed by atoms with Crippen molar-refractivity contribution in [3.8, 4) is 0 Å². The maximum absolute atomic E-state index is 8.79. The number of fused-ring (bicyclic) bond motifs is 1. The zero-order valence-electron chi connectivity index (χ0n) is 8.07. The highest BCUT2D eigenvalue weighted by Crippen LogP contribution is 2.21. The molecule has 0 spiro atoms. The normalized spacial score (nSPS) is 13.3. The van der Waals surface area contributed by atoms with Gasteiger partial charge in [0.15, 0.2) is 0 Å². The standard InChI is InChI=1S/C10H12ClN3O/c11-6-3-10-9(13-5-6)4-8(14-10)7(12)1-2-15/h3-5,7,14-15H,1-2,12H2. The Kier molecular flexibility index (Phi) is 2.90. The fourth-order valence-electron chi connectivity index (χ4n) is 1.50. The predicted octanol–water partition coefficient (Wildman–Crippen LogP) is 1.60. The molecule has 4 nitrogen and oxygen atoms in total. The Hall–Kier alpha value is -1.10. The maximum atomic E-state index is 8.79. The van der Waals surface area contributed by atoms with Crippen LogP contribution in [0.2, 0.25) is 5.02 Å². The van der Waals surface area contributed by atoms with Gasteiger partial charge in [0.1, 0.15) is 0 Å². The molecule has 0 saturated carbocycles. The minimum Gasteiger partial charge on any atom is -0.396 e. The SMILES string of the molecule is NC(CCO)c1cc2ncc(Cl)cc2[nH]1. The number of nitrogens with two attached hydrogens (primary N) is 1. The summed E-state index contributed by atoms with van der Waals surface area (Å²) in [5, 5.41) is 9.38. The average Bonchev–Trinajstić information content (AvgIpc) is 2.60. The lowest BCUT2D eigenvalue weighted by molar-refractivity contribution is 0.276. The summed E-state index contributed by atoms with van der Waals surface area (Å²) in [6.07, 6.45) is 2.12. The molecule has 80 valence electrons. The van der Waals surface area contributed by atoms with Gasteiger partial charge in [0, 0.05) is 24.5 Å². The third-order valence-corrected chi connectivity index (χ3v) is 2.50. The highest BCUT2D eigenvalue weighted by Gasteiger charge is 2.09. The molecular formula is C10H12ClN3O. The molecule has 0 bridgehead atoms. The van der Waals surface area contributed by atoms with E-state index < -0.39 is 0 Å². The van der Waals surface area contributed by atoms with Crippen LogP contribution in [0.4, 0.5) is 0 Å². The second-order valence-electron chi connectivity index (χ2n) is 3.43. The van der Waals surface area contributed by atoms with E-state index in [1.165, 1.54) is 0 Å². The number of aliphatic hydroxyl groups excluding tert-OH is 1. The van der Waals surface area contributed by atoms with Crippen molar-refractivity contribution in [1.29, 1.82) is 0 Å². The van der Waals surface area contributed by atoms with Crippen molar-refractivity contribution in [2.45, 2.75) is 12.5 Å². The van der Waals surface area contributed by atoms with Crippen LogP contribution in [-0.4, -0.2) is 21.7 Å². The van der Waals surface area contributed by atoms with E-state index in [4.69, 9.17) is 22.4 Å². The van der Waals surface area contributed by atoms with E-state index in [1.807, 2.05) is 6.07 Å². The van der Waals surface area contributed by atoms with Gasteiger partial charge in [0.25, 0.3) is 0 Å². The molecule has 0 aromatic carbocycles. The molecule has 2 heterocycles. The average molecular weight is 226 g/mol. The molecule has 1 atom stereocenters. The van der Waals surface area contributed by atoms with E-state index in [9.17, 15) is 0 Å². The molecule has 2 aromatic rings. The first-order valence-electron chi connectivity index (χ1n) is 4.71. The fourth-order valence-corrected chi connectivity index (χ4v) is 1.66. The summed E-state index contributed by atoms with van der Waals surface area (Å²) in [7, 11) is 0. The topological polar surface area (TPSA) is 74.9 Å². The zero-order chi connectivity index (χ0) is 10.8. The third kappa shape index (κ3) is 2.12. The minimum absolute atomic E-state index is 0.0741. The molecule has 0 aliphatic carbocycles. The van der Waals surface area contributed by atoms with E-state index in [2.05, 4.69) is 9.97 Å². The molecule has 4 N–H and O–H groups in total. The van der Waals surface area contributed by atoms with Crippen molar-refractivity contribution >= 4 is 22.6 Å². The molecule has 2 rings (SSSR count). The number of pyridine rings is 1. The van der Waals surface area contributed by atoms with Crippen LogP contribution in [-0.2, 0) is 0 Å². The molecule has 0 saturated heterocycles. The number of nitrogens with one attached hydrogen (secondary N) is 1. The summed E-state index contributed by atoms with van der Waals surface area (Å²) in [6, 6.07) is 3.49. The molecule has 15 heavy (non-hydrogen) atoms. The van der Waals surface area contributed by atoms with E-state index in [0.717, 1.165) is 16.7 Å². The summed E-state index contributed by atoms with van der Waals surface area (Å²) in [5.41, 5.74) is 8.43. The quantitative estimate of drug-likeness (QED) is 0.743. The largest absolute Gasteiger partial charge is 0.396 e. The van der Waals surface area contributed by atoms with Crippen LogP contribution < -0.4 is 5.73 Å². The Morgan fingerprint density at radius 3 is 3.07 bits per heavy atom. The van der Waals surface area contributed by atoms with Gasteiger partial charge in [-0.25, -0.2) is 0 Å². The van der Waals surface area contributed by atoms with Crippen molar-refractivity contribution < 1.29 is 5.11 Å². The lowest BCUT2D eigenvalue weighted by atomic mass is 10.2. The van der Waals surface area contributed by atoms with Gasteiger partial charge in [-0.05, 0) is 18.6 Å². The molecule has 0 aliphatic heterocycles. The number of hydrogen-bond donors (Lipinski definition) is 3. The van der Waals surface area contributed by atoms with Gasteiger partial charge in [0.2, 0.25) is 0 Å². The molecule has 1 unspecified atom stereocenters. The van der Waals surface area contributed by atoms with Crippen molar-refractivity contribution in [3.63, 3.8) is 0 Å². The second-order valence-corrected chi connectivity index (χ2v) is 3.87. The van der Waals surface area contributed by atoms with E-state index in [0.29, 0.717) is 11.4 Å². The third-order valence-electron chi connectivity index (χ3n) is 2.30. The Labute approximate surface area is 92.1 Å². The van der Waals surface area contributed by atoms with Gasteiger partial charge in [-0.15, -0.1) is 0 Å². The predicted molar refractivity (Wildman–Crippen MR) is 59.7 cm³/mol. The molecule has 0 radical (unpaired) electrons. The van der Waals surface area contributed by atoms with Gasteiger partial charge in [0.05, 0.1) is 16.1 Å². The van der Waals surface area contributed by atoms with Gasteiger partial charge in [-0.3, -0.25) is 4.98 Å². The van der Waals surface area contributed by atoms with E-state index in [-0.39, 0.29) is 12.6 Å². The van der Waals surface area contributed by atoms with Crippen LogP contribution in [0.15, 0.2) is 18.3 Å². The van der Waals surface area contributed by atoms with Crippen LogP contribution in [0.1, 0.15) is 18.2 Å². The molecular weight excluding hydrogens is 214 g/mol. The number of H-pyrrole nitrogens is 1. The number of aromatic nitrogens is 2. The fraction of sp³-hybridized carbons (Fsp3) is 0.300. The minimum atomic E-state index is -0.192. The second kappa shape index (κ2) is 4.18. The lowest BCUT2D eigenvalue weighted by Crippen LogP contribution is -2.11. The number of rotatable bonds is 3. The monoisotopic (exact) mass is 225 g/mol. The van der Waals surface area contributed by atoms with Gasteiger partial charge < -0.3 is 15.8 Å². The highest BCUT2D eigenvalue weighted by molar-refractivity contribution is 6.31. The van der Waals surface area contributed by atoms with E-state index in [1.54, 1.807) is 12.3 Å². The summed E-state index contributed by atoms with van der Waals surface area (Å²) in [4.78, 5) is 7.30. The van der Waals surface area contributed by atoms with Crippen LogP contribution in [0, 0.1) is 0 Å². The number of aliphatic hydroxyl groups is 1. The molecule has 5 heteroatoms. The first-order valence-corrected chi connectivity index (χ1v) is 5.09. The van der Waals surface area contributed by atoms with Gasteiger partial charge >= 0.3 is 0 Å². The Morgan fingerprint density at radius 2 is 2.33 bits per heavy atom. The van der Waals surface area contributed by atoms with Crippen molar-refractivity contribution in [2.24, 2.45) is 5.73 Å². The first-order chi connectivity index (χ1) is 7.20. The summed E-state index contributed by atoms with van der Waals surface area (Å²) in [5.74, 6) is 0. The van der Waals surface area contributed by atoms with Gasteiger partial charge in [-0.1, -0.05) is 11.6 Å². The number of halogens is 1. The molecule has 0 amide bonds. The molecule has 0 fully saturated rings. The summed E-state index contributed by atoms with van der Waals surface area (Å²) in [6.45, 7) is 0.0741. The first kappa shape index (κ1) is 10.4. The van der Waals surface area contributed by atoms with Crippen molar-refractivity contribution in [1.82, 2.24) is 9.97 Å². The number of nitrogens with zero attached hydrogens (tertiary/aromatic N) is 1. The van der Waals surface area contributed by atoms with Crippen LogP contribution in [0.3, 0.4) is 0 Å². The maximum Gasteiger partial charge on any atom is 0.0883 e. The molecule has 0 aliphatic rings. The van der Waals surface area contributed by atoms with Crippen LogP contribution in [0.25, 0.3) is 11.0 Å². The smallest absolute Gasteiger partial charge is 0.0883 e. The lowest BCUT2D eigenvalue weighted by Gasteiger charge is -2.05. The molecule has 2 aromatic heterocycles. The Balaban J connectivity index is 2.38. The summed E-state index contributed by atoms with van der Waals surface area (Å²) >= 11 is 5.81. The van der Waals surface area contributed by atoms with Crippen LogP contribution in [0.5, 0.6) is 0 Å². The van der Waals surface area contributed by atoms with E-state index >= 15 is 0 Å². The Morgan fingerprint density at radius 1 is 1.53 bits per heavy atom. The van der Waals surface area contributed by atoms with Gasteiger partial charge in [-0.2, -0.15) is 0 Å². The summed E-state index contributed by atoms with van der Waals surface area (Å²) < 4.78 is 0. The van der Waals surface area contributed by atoms with Crippen molar-refractivity contribution in [2.75, 3.05) is 6.61 Å².